The maximum absolute atomic E-state index is 13.3. The number of hydrogen-bond acceptors (Lipinski definition) is 4. The molecule has 144 valence electrons. The molecule has 1 saturated heterocycles. The summed E-state index contributed by atoms with van der Waals surface area (Å²) in [4.78, 5) is 13.3. The highest BCUT2D eigenvalue weighted by Crippen LogP contribution is 2.42. The molecule has 5 heteroatoms. The molecule has 1 saturated carbocycles. The Kier molecular flexibility index (Phi) is 6.20. The molecule has 5 nitrogen and oxygen atoms in total. The molecule has 1 aromatic rings. The van der Waals surface area contributed by atoms with Crippen LogP contribution in [-0.4, -0.2) is 46.4 Å². The molecular formula is C21H32N2O3. The summed E-state index contributed by atoms with van der Waals surface area (Å²) in [7, 11) is 3.42. The quantitative estimate of drug-likeness (QED) is 0.785. The molecule has 1 amide bonds. The maximum atomic E-state index is 13.3. The van der Waals surface area contributed by atoms with Crippen molar-refractivity contribution in [2.24, 2.45) is 5.41 Å². The van der Waals surface area contributed by atoms with Gasteiger partial charge in [0, 0.05) is 19.1 Å². The van der Waals surface area contributed by atoms with Gasteiger partial charge in [0.25, 0.3) is 0 Å². The smallest absolute Gasteiger partial charge is 0.230 e. The highest BCUT2D eigenvalue weighted by molar-refractivity contribution is 5.88. The monoisotopic (exact) mass is 360 g/mol. The average Bonchev–Trinajstić information content (AvgIpc) is 3.18. The van der Waals surface area contributed by atoms with Gasteiger partial charge in [0.05, 0.1) is 19.1 Å². The van der Waals surface area contributed by atoms with Crippen molar-refractivity contribution in [2.75, 3.05) is 40.5 Å². The van der Waals surface area contributed by atoms with Crippen molar-refractivity contribution in [1.82, 2.24) is 10.6 Å². The minimum Gasteiger partial charge on any atom is -0.497 e. The lowest BCUT2D eigenvalue weighted by atomic mass is 9.76. The van der Waals surface area contributed by atoms with Gasteiger partial charge in [0.1, 0.15) is 5.75 Å². The molecule has 1 aliphatic carbocycles. The molecule has 2 N–H and O–H groups in total. The first-order valence-corrected chi connectivity index (χ1v) is 9.77. The molecule has 1 heterocycles. The molecule has 1 aliphatic heterocycles. The summed E-state index contributed by atoms with van der Waals surface area (Å²) in [5, 5.41) is 6.71. The molecule has 0 bridgehead atoms. The van der Waals surface area contributed by atoms with Gasteiger partial charge in [-0.2, -0.15) is 0 Å². The van der Waals surface area contributed by atoms with E-state index < -0.39 is 5.41 Å². The van der Waals surface area contributed by atoms with Crippen molar-refractivity contribution < 1.29 is 14.3 Å². The maximum Gasteiger partial charge on any atom is 0.230 e. The molecular weight excluding hydrogens is 328 g/mol. The van der Waals surface area contributed by atoms with Gasteiger partial charge in [-0.15, -0.1) is 0 Å². The van der Waals surface area contributed by atoms with E-state index in [0.717, 1.165) is 62.9 Å². The van der Waals surface area contributed by atoms with Crippen LogP contribution in [0.2, 0.25) is 0 Å². The van der Waals surface area contributed by atoms with Crippen molar-refractivity contribution >= 4 is 5.91 Å². The fourth-order valence-electron chi connectivity index (χ4n) is 4.61. The van der Waals surface area contributed by atoms with E-state index in [4.69, 9.17) is 9.47 Å². The minimum atomic E-state index is -0.395. The van der Waals surface area contributed by atoms with Gasteiger partial charge in [-0.1, -0.05) is 25.0 Å². The summed E-state index contributed by atoms with van der Waals surface area (Å²) in [5.74, 6) is 1.00. The Morgan fingerprint density at radius 2 is 1.73 bits per heavy atom. The average molecular weight is 360 g/mol. The Hall–Kier alpha value is -1.59. The third-order valence-corrected chi connectivity index (χ3v) is 6.27. The van der Waals surface area contributed by atoms with E-state index in [9.17, 15) is 4.79 Å². The second-order valence-electron chi connectivity index (χ2n) is 7.88. The number of hydrogen-bond donors (Lipinski definition) is 2. The van der Waals surface area contributed by atoms with Crippen LogP contribution in [0.1, 0.15) is 44.1 Å². The van der Waals surface area contributed by atoms with Crippen LogP contribution in [0, 0.1) is 5.41 Å². The van der Waals surface area contributed by atoms with Gasteiger partial charge < -0.3 is 20.1 Å². The summed E-state index contributed by atoms with van der Waals surface area (Å²) in [6.45, 7) is 3.37. The fraction of sp³-hybridized carbons (Fsp3) is 0.667. The SMILES string of the molecule is COCC1(CNC(=O)C2(c3ccc(OC)cc3)CCCC2)CCNCC1. The summed E-state index contributed by atoms with van der Waals surface area (Å²) >= 11 is 0. The number of benzene rings is 1. The molecule has 0 aromatic heterocycles. The zero-order chi connectivity index (χ0) is 18.5. The van der Waals surface area contributed by atoms with Gasteiger partial charge in [-0.3, -0.25) is 4.79 Å². The van der Waals surface area contributed by atoms with Gasteiger partial charge in [0.15, 0.2) is 0 Å². The molecule has 0 radical (unpaired) electrons. The molecule has 3 rings (SSSR count). The van der Waals surface area contributed by atoms with E-state index in [0.29, 0.717) is 13.2 Å². The number of carbonyl (C=O) groups excluding carboxylic acids is 1. The minimum absolute atomic E-state index is 0.0510. The van der Waals surface area contributed by atoms with E-state index in [2.05, 4.69) is 22.8 Å². The van der Waals surface area contributed by atoms with Crippen molar-refractivity contribution in [3.05, 3.63) is 29.8 Å². The van der Waals surface area contributed by atoms with Crippen LogP contribution in [0.4, 0.5) is 0 Å². The predicted molar refractivity (Wildman–Crippen MR) is 103 cm³/mol. The summed E-state index contributed by atoms with van der Waals surface area (Å²) < 4.78 is 10.8. The van der Waals surface area contributed by atoms with Crippen molar-refractivity contribution in [3.63, 3.8) is 0 Å². The summed E-state index contributed by atoms with van der Waals surface area (Å²) in [6.07, 6.45) is 6.13. The first kappa shape index (κ1) is 19.2. The molecule has 26 heavy (non-hydrogen) atoms. The van der Waals surface area contributed by atoms with Crippen LogP contribution >= 0.6 is 0 Å². The summed E-state index contributed by atoms with van der Waals surface area (Å²) in [5.41, 5.74) is 0.766. The second-order valence-corrected chi connectivity index (χ2v) is 7.88. The Morgan fingerprint density at radius 1 is 1.08 bits per heavy atom. The standard InChI is InChI=1S/C21H32N2O3/c1-25-16-20(11-13-22-14-12-20)15-23-19(24)21(9-3-4-10-21)17-5-7-18(26-2)8-6-17/h5-8,22H,3-4,9-16H2,1-2H3,(H,23,24). The lowest BCUT2D eigenvalue weighted by Crippen LogP contribution is -2.51. The third kappa shape index (κ3) is 3.89. The van der Waals surface area contributed by atoms with E-state index in [1.807, 2.05) is 12.1 Å². The second kappa shape index (κ2) is 8.40. The zero-order valence-electron chi connectivity index (χ0n) is 16.1. The highest BCUT2D eigenvalue weighted by Gasteiger charge is 2.43. The third-order valence-electron chi connectivity index (χ3n) is 6.27. The number of carbonyl (C=O) groups is 1. The Labute approximate surface area is 156 Å². The fourth-order valence-corrected chi connectivity index (χ4v) is 4.61. The van der Waals surface area contributed by atoms with Crippen LogP contribution in [0.5, 0.6) is 5.75 Å². The van der Waals surface area contributed by atoms with Crippen LogP contribution in [0.25, 0.3) is 0 Å². The molecule has 0 unspecified atom stereocenters. The van der Waals surface area contributed by atoms with E-state index in [-0.39, 0.29) is 11.3 Å². The topological polar surface area (TPSA) is 59.6 Å². The van der Waals surface area contributed by atoms with Gasteiger partial charge >= 0.3 is 0 Å². The van der Waals surface area contributed by atoms with Crippen molar-refractivity contribution in [2.45, 2.75) is 43.9 Å². The van der Waals surface area contributed by atoms with E-state index in [1.54, 1.807) is 14.2 Å². The summed E-state index contributed by atoms with van der Waals surface area (Å²) in [6, 6.07) is 8.03. The first-order valence-electron chi connectivity index (χ1n) is 9.77. The first-order chi connectivity index (χ1) is 12.6. The molecule has 0 atom stereocenters. The lowest BCUT2D eigenvalue weighted by Gasteiger charge is -2.38. The molecule has 2 fully saturated rings. The molecule has 2 aliphatic rings. The number of methoxy groups -OCH3 is 2. The normalized spacial score (nSPS) is 21.3. The zero-order valence-corrected chi connectivity index (χ0v) is 16.1. The van der Waals surface area contributed by atoms with Crippen LogP contribution in [-0.2, 0) is 14.9 Å². The van der Waals surface area contributed by atoms with E-state index in [1.165, 1.54) is 0 Å². The predicted octanol–water partition coefficient (Wildman–Crippen LogP) is 2.64. The van der Waals surface area contributed by atoms with Gasteiger partial charge in [0.2, 0.25) is 5.91 Å². The van der Waals surface area contributed by atoms with Gasteiger partial charge in [-0.25, -0.2) is 0 Å². The Morgan fingerprint density at radius 3 is 2.31 bits per heavy atom. The lowest BCUT2D eigenvalue weighted by molar-refractivity contribution is -0.127. The Balaban J connectivity index is 1.74. The van der Waals surface area contributed by atoms with Crippen molar-refractivity contribution in [1.29, 1.82) is 0 Å². The molecule has 1 aromatic carbocycles. The van der Waals surface area contributed by atoms with Crippen LogP contribution in [0.15, 0.2) is 24.3 Å². The number of rotatable bonds is 7. The van der Waals surface area contributed by atoms with Gasteiger partial charge in [-0.05, 0) is 56.5 Å². The number of ether oxygens (including phenoxy) is 2. The van der Waals surface area contributed by atoms with Crippen molar-refractivity contribution in [3.8, 4) is 5.75 Å². The highest BCUT2D eigenvalue weighted by atomic mass is 16.5. The van der Waals surface area contributed by atoms with E-state index >= 15 is 0 Å². The Bertz CT molecular complexity index is 582. The number of amides is 1. The largest absolute Gasteiger partial charge is 0.497 e. The van der Waals surface area contributed by atoms with Crippen LogP contribution in [0.3, 0.4) is 0 Å². The molecule has 0 spiro atoms. The van der Waals surface area contributed by atoms with Crippen LogP contribution < -0.4 is 15.4 Å². The number of nitrogens with one attached hydrogen (secondary N) is 2. The number of piperidine rings is 1.